The molecule has 0 bridgehead atoms. The van der Waals surface area contributed by atoms with Crippen LogP contribution in [0.1, 0.15) is 26.7 Å². The molecule has 2 aliphatic rings. The van der Waals surface area contributed by atoms with Crippen LogP contribution in [0.2, 0.25) is 0 Å². The quantitative estimate of drug-likeness (QED) is 0.569. The Labute approximate surface area is 101 Å². The molecule has 2 fully saturated rings. The summed E-state index contributed by atoms with van der Waals surface area (Å²) in [6.07, 6.45) is 0.722. The van der Waals surface area contributed by atoms with Gasteiger partial charge in [0.05, 0.1) is 18.8 Å². The zero-order chi connectivity index (χ0) is 12.6. The lowest BCUT2D eigenvalue weighted by molar-refractivity contribution is -0.170. The smallest absolute Gasteiger partial charge is 0.302 e. The van der Waals surface area contributed by atoms with E-state index >= 15 is 0 Å². The molecule has 98 valence electrons. The minimum atomic E-state index is -0.348. The summed E-state index contributed by atoms with van der Waals surface area (Å²) in [5, 5.41) is 9.86. The maximum absolute atomic E-state index is 10.9. The van der Waals surface area contributed by atoms with Gasteiger partial charge in [-0.15, -0.1) is 0 Å². The summed E-state index contributed by atoms with van der Waals surface area (Å²) < 4.78 is 15.9. The third-order valence-corrected chi connectivity index (χ3v) is 3.97. The molecule has 2 aliphatic carbocycles. The highest BCUT2D eigenvalue weighted by molar-refractivity contribution is 5.66. The highest BCUT2D eigenvalue weighted by Gasteiger charge is 2.68. The van der Waals surface area contributed by atoms with Gasteiger partial charge < -0.3 is 19.3 Å². The molecule has 2 saturated carbocycles. The van der Waals surface area contributed by atoms with Gasteiger partial charge in [-0.25, -0.2) is 0 Å². The summed E-state index contributed by atoms with van der Waals surface area (Å²) in [7, 11) is 1.58. The molecular weight excluding hydrogens is 224 g/mol. The van der Waals surface area contributed by atoms with Gasteiger partial charge in [0, 0.05) is 25.9 Å². The van der Waals surface area contributed by atoms with Gasteiger partial charge in [0.15, 0.2) is 6.29 Å². The Balaban J connectivity index is 1.97. The van der Waals surface area contributed by atoms with Gasteiger partial charge in [-0.2, -0.15) is 0 Å². The monoisotopic (exact) mass is 244 g/mol. The number of methoxy groups -OCH3 is 1. The lowest BCUT2D eigenvalue weighted by Crippen LogP contribution is -2.32. The lowest BCUT2D eigenvalue weighted by atomic mass is 10.0. The maximum atomic E-state index is 10.9. The first-order chi connectivity index (χ1) is 7.99. The maximum Gasteiger partial charge on any atom is 0.302 e. The molecule has 5 atom stereocenters. The number of hydrogen-bond acceptors (Lipinski definition) is 5. The first kappa shape index (κ1) is 12.8. The Bertz CT molecular complexity index is 305. The van der Waals surface area contributed by atoms with Crippen LogP contribution in [0.5, 0.6) is 0 Å². The van der Waals surface area contributed by atoms with Gasteiger partial charge >= 0.3 is 5.97 Å². The van der Waals surface area contributed by atoms with Crippen molar-refractivity contribution in [2.75, 3.05) is 13.7 Å². The van der Waals surface area contributed by atoms with Crippen LogP contribution in [-0.4, -0.2) is 43.3 Å². The van der Waals surface area contributed by atoms with Crippen molar-refractivity contribution in [3.8, 4) is 0 Å². The second-order valence-corrected chi connectivity index (χ2v) is 5.06. The van der Waals surface area contributed by atoms with E-state index in [4.69, 9.17) is 14.2 Å². The zero-order valence-corrected chi connectivity index (χ0v) is 10.5. The number of hydrogen-bond donors (Lipinski definition) is 1. The van der Waals surface area contributed by atoms with Crippen LogP contribution < -0.4 is 0 Å². The van der Waals surface area contributed by atoms with E-state index in [1.165, 1.54) is 6.92 Å². The molecule has 0 aromatic rings. The predicted octanol–water partition coefficient (Wildman–Crippen LogP) is 0.698. The van der Waals surface area contributed by atoms with E-state index in [0.29, 0.717) is 13.0 Å². The molecule has 0 saturated heterocycles. The minimum absolute atomic E-state index is 0.0863. The Morgan fingerprint density at radius 1 is 1.59 bits per heavy atom. The van der Waals surface area contributed by atoms with Crippen molar-refractivity contribution in [2.24, 2.45) is 11.3 Å². The number of rotatable bonds is 5. The van der Waals surface area contributed by atoms with Crippen LogP contribution in [0.15, 0.2) is 0 Å². The normalized spacial score (nSPS) is 40.8. The van der Waals surface area contributed by atoms with E-state index in [2.05, 4.69) is 0 Å². The Morgan fingerprint density at radius 3 is 2.82 bits per heavy atom. The van der Waals surface area contributed by atoms with Crippen LogP contribution in [0.4, 0.5) is 0 Å². The lowest BCUT2D eigenvalue weighted by Gasteiger charge is -2.26. The summed E-state index contributed by atoms with van der Waals surface area (Å²) in [4.78, 5) is 10.9. The van der Waals surface area contributed by atoms with Crippen molar-refractivity contribution in [2.45, 2.75) is 45.2 Å². The average molecular weight is 244 g/mol. The molecule has 0 spiro atoms. The third-order valence-electron chi connectivity index (χ3n) is 3.97. The summed E-state index contributed by atoms with van der Waals surface area (Å²) in [5.74, 6) is -0.0825. The first-order valence-electron chi connectivity index (χ1n) is 5.99. The van der Waals surface area contributed by atoms with Crippen LogP contribution >= 0.6 is 0 Å². The fourth-order valence-electron chi connectivity index (χ4n) is 2.83. The van der Waals surface area contributed by atoms with E-state index in [-0.39, 0.29) is 35.8 Å². The number of carbonyl (C=O) groups is 1. The van der Waals surface area contributed by atoms with Crippen molar-refractivity contribution in [1.82, 2.24) is 0 Å². The van der Waals surface area contributed by atoms with Crippen molar-refractivity contribution >= 4 is 5.97 Å². The topological polar surface area (TPSA) is 65.0 Å². The SMILES string of the molecule is COC(C)O[C@@H]1C[C@H](O)[C@@H]2C[C@]12COC(C)=O. The predicted molar refractivity (Wildman–Crippen MR) is 59.1 cm³/mol. The first-order valence-corrected chi connectivity index (χ1v) is 5.99. The molecule has 5 nitrogen and oxygen atoms in total. The van der Waals surface area contributed by atoms with E-state index in [1.807, 2.05) is 6.92 Å². The number of ether oxygens (including phenoxy) is 3. The molecule has 0 radical (unpaired) electrons. The number of fused-ring (bicyclic) bond motifs is 1. The van der Waals surface area contributed by atoms with Crippen molar-refractivity contribution in [1.29, 1.82) is 0 Å². The van der Waals surface area contributed by atoms with Gasteiger partial charge in [-0.05, 0) is 19.3 Å². The summed E-state index contributed by atoms with van der Waals surface area (Å²) >= 11 is 0. The van der Waals surface area contributed by atoms with Gasteiger partial charge in [-0.3, -0.25) is 4.79 Å². The van der Waals surface area contributed by atoms with E-state index < -0.39 is 0 Å². The molecular formula is C12H20O5. The molecule has 1 unspecified atom stereocenters. The van der Waals surface area contributed by atoms with Crippen LogP contribution in [0, 0.1) is 11.3 Å². The van der Waals surface area contributed by atoms with Crippen molar-refractivity contribution in [3.05, 3.63) is 0 Å². The third kappa shape index (κ3) is 2.32. The second-order valence-electron chi connectivity index (χ2n) is 5.06. The summed E-state index contributed by atoms with van der Waals surface area (Å²) in [5.41, 5.74) is -0.183. The van der Waals surface area contributed by atoms with E-state index in [9.17, 15) is 9.90 Å². The molecule has 0 aliphatic heterocycles. The summed E-state index contributed by atoms with van der Waals surface area (Å²) in [6.45, 7) is 3.56. The van der Waals surface area contributed by atoms with E-state index in [0.717, 1.165) is 6.42 Å². The van der Waals surface area contributed by atoms with Crippen LogP contribution in [0.25, 0.3) is 0 Å². The molecule has 0 heterocycles. The number of aliphatic hydroxyl groups is 1. The fourth-order valence-corrected chi connectivity index (χ4v) is 2.83. The largest absolute Gasteiger partial charge is 0.465 e. The van der Waals surface area contributed by atoms with Crippen molar-refractivity contribution in [3.63, 3.8) is 0 Å². The van der Waals surface area contributed by atoms with Gasteiger partial charge in [0.1, 0.15) is 0 Å². The van der Waals surface area contributed by atoms with Crippen LogP contribution in [0.3, 0.4) is 0 Å². The Hall–Kier alpha value is -0.650. The Kier molecular flexibility index (Phi) is 3.43. The molecule has 0 amide bonds. The number of carbonyl (C=O) groups excluding carboxylic acids is 1. The number of esters is 1. The molecule has 2 rings (SSSR count). The molecule has 17 heavy (non-hydrogen) atoms. The standard InChI is InChI=1S/C12H20O5/c1-7(13)16-6-12-5-9(12)10(14)4-11(12)17-8(2)15-3/h8-11,14H,4-6H2,1-3H3/t8?,9-,10-,11+,12+/m0/s1. The minimum Gasteiger partial charge on any atom is -0.465 e. The highest BCUT2D eigenvalue weighted by Crippen LogP contribution is 2.64. The summed E-state index contributed by atoms with van der Waals surface area (Å²) in [6, 6.07) is 0. The van der Waals surface area contributed by atoms with E-state index in [1.54, 1.807) is 7.11 Å². The highest BCUT2D eigenvalue weighted by atomic mass is 16.7. The molecule has 0 aromatic heterocycles. The second kappa shape index (κ2) is 4.55. The van der Waals surface area contributed by atoms with Gasteiger partial charge in [-0.1, -0.05) is 0 Å². The fraction of sp³-hybridized carbons (Fsp3) is 0.917. The van der Waals surface area contributed by atoms with Crippen LogP contribution in [-0.2, 0) is 19.0 Å². The Morgan fingerprint density at radius 2 is 2.29 bits per heavy atom. The number of aliphatic hydroxyl groups excluding tert-OH is 1. The average Bonchev–Trinajstić information content (AvgIpc) is 2.95. The van der Waals surface area contributed by atoms with Gasteiger partial charge in [0.25, 0.3) is 0 Å². The van der Waals surface area contributed by atoms with Crippen molar-refractivity contribution < 1.29 is 24.1 Å². The van der Waals surface area contributed by atoms with Gasteiger partial charge in [0.2, 0.25) is 0 Å². The molecule has 1 N–H and O–H groups in total. The zero-order valence-electron chi connectivity index (χ0n) is 10.5. The molecule has 0 aromatic carbocycles. The molecule has 5 heteroatoms.